The molecule has 27 heavy (non-hydrogen) atoms. The number of hydrogen-bond donors (Lipinski definition) is 2. The first kappa shape index (κ1) is 17.2. The average Bonchev–Trinajstić information content (AvgIpc) is 3.22. The van der Waals surface area contributed by atoms with Crippen LogP contribution in [0.15, 0.2) is 27.7 Å². The Morgan fingerprint density at radius 1 is 1.26 bits per heavy atom. The van der Waals surface area contributed by atoms with Gasteiger partial charge in [0.05, 0.1) is 11.9 Å². The number of carbonyl (C=O) groups excluding carboxylic acids is 1. The van der Waals surface area contributed by atoms with E-state index in [1.807, 2.05) is 0 Å². The second-order valence-electron chi connectivity index (χ2n) is 6.38. The molecule has 0 spiro atoms. The van der Waals surface area contributed by atoms with Gasteiger partial charge in [0.1, 0.15) is 16.8 Å². The summed E-state index contributed by atoms with van der Waals surface area (Å²) in [6, 6.07) is 2.13. The number of H-pyrrole nitrogens is 1. The van der Waals surface area contributed by atoms with Gasteiger partial charge in [0.2, 0.25) is 5.71 Å². The van der Waals surface area contributed by atoms with Crippen molar-refractivity contribution in [2.75, 3.05) is 23.3 Å². The zero-order valence-electron chi connectivity index (χ0n) is 14.4. The van der Waals surface area contributed by atoms with Crippen LogP contribution in [0, 0.1) is 18.6 Å². The molecule has 1 aliphatic rings. The molecule has 9 heteroatoms. The lowest BCUT2D eigenvalue weighted by atomic mass is 10.1. The molecule has 0 unspecified atom stereocenters. The minimum atomic E-state index is -0.750. The Morgan fingerprint density at radius 3 is 2.59 bits per heavy atom. The number of amides is 1. The van der Waals surface area contributed by atoms with Gasteiger partial charge in [0.15, 0.2) is 11.6 Å². The van der Waals surface area contributed by atoms with Crippen molar-refractivity contribution in [3.8, 4) is 0 Å². The number of nitrogens with one attached hydrogen (secondary N) is 2. The van der Waals surface area contributed by atoms with Crippen molar-refractivity contribution in [2.24, 2.45) is 0 Å². The fourth-order valence-electron chi connectivity index (χ4n) is 3.40. The SMILES string of the molecule is Cc1oc2nc[nH]c(=O)c2c1C(=O)Nc1cc(F)c(N2CCCC2)c(F)c1. The number of halogens is 2. The monoisotopic (exact) mass is 374 g/mol. The summed E-state index contributed by atoms with van der Waals surface area (Å²) in [5.41, 5.74) is -0.682. The van der Waals surface area contributed by atoms with Crippen molar-refractivity contribution in [3.63, 3.8) is 0 Å². The van der Waals surface area contributed by atoms with Crippen LogP contribution < -0.4 is 15.8 Å². The molecule has 1 aromatic carbocycles. The fraction of sp³-hybridized carbons (Fsp3) is 0.278. The van der Waals surface area contributed by atoms with Crippen LogP contribution in [0.1, 0.15) is 29.0 Å². The topological polar surface area (TPSA) is 91.2 Å². The molecule has 3 heterocycles. The largest absolute Gasteiger partial charge is 0.442 e. The first-order valence-corrected chi connectivity index (χ1v) is 8.48. The van der Waals surface area contributed by atoms with E-state index in [2.05, 4.69) is 15.3 Å². The second kappa shape index (κ2) is 6.49. The van der Waals surface area contributed by atoms with E-state index in [0.717, 1.165) is 31.3 Å². The highest BCUT2D eigenvalue weighted by molar-refractivity contribution is 6.12. The number of furan rings is 1. The summed E-state index contributed by atoms with van der Waals surface area (Å²) in [6.45, 7) is 2.69. The highest BCUT2D eigenvalue weighted by atomic mass is 19.1. The Morgan fingerprint density at radius 2 is 1.93 bits per heavy atom. The predicted molar refractivity (Wildman–Crippen MR) is 95.1 cm³/mol. The number of benzene rings is 1. The number of carbonyl (C=O) groups is 1. The maximum atomic E-state index is 14.4. The molecule has 140 valence electrons. The Bertz CT molecular complexity index is 1080. The molecule has 0 radical (unpaired) electrons. The third-order valence-electron chi connectivity index (χ3n) is 4.59. The Labute approximate surface area is 152 Å². The van der Waals surface area contributed by atoms with Crippen LogP contribution in [0.4, 0.5) is 20.2 Å². The average molecular weight is 374 g/mol. The lowest BCUT2D eigenvalue weighted by Crippen LogP contribution is -2.21. The van der Waals surface area contributed by atoms with Crippen molar-refractivity contribution in [2.45, 2.75) is 19.8 Å². The number of anilines is 2. The molecular weight excluding hydrogens is 358 g/mol. The molecular formula is C18H16F2N4O3. The molecule has 0 bridgehead atoms. The third kappa shape index (κ3) is 2.94. The Hall–Kier alpha value is -3.23. The van der Waals surface area contributed by atoms with Crippen molar-refractivity contribution in [1.29, 1.82) is 0 Å². The summed E-state index contributed by atoms with van der Waals surface area (Å²) in [4.78, 5) is 32.5. The van der Waals surface area contributed by atoms with Crippen LogP contribution in [0.3, 0.4) is 0 Å². The normalized spacial score (nSPS) is 14.1. The van der Waals surface area contributed by atoms with E-state index in [4.69, 9.17) is 4.42 Å². The van der Waals surface area contributed by atoms with E-state index in [1.165, 1.54) is 6.92 Å². The van der Waals surface area contributed by atoms with Gasteiger partial charge in [0, 0.05) is 18.8 Å². The quantitative estimate of drug-likeness (QED) is 0.736. The summed E-state index contributed by atoms with van der Waals surface area (Å²) >= 11 is 0. The summed E-state index contributed by atoms with van der Waals surface area (Å²) in [6.07, 6.45) is 2.93. The first-order chi connectivity index (χ1) is 13.0. The number of nitrogens with zero attached hydrogens (tertiary/aromatic N) is 2. The van der Waals surface area contributed by atoms with Crippen LogP contribution >= 0.6 is 0 Å². The van der Waals surface area contributed by atoms with E-state index >= 15 is 0 Å². The van der Waals surface area contributed by atoms with E-state index in [1.54, 1.807) is 4.90 Å². The van der Waals surface area contributed by atoms with Crippen molar-refractivity contribution < 1.29 is 18.0 Å². The smallest absolute Gasteiger partial charge is 0.262 e. The Balaban J connectivity index is 1.68. The van der Waals surface area contributed by atoms with Gasteiger partial charge in [-0.2, -0.15) is 0 Å². The van der Waals surface area contributed by atoms with Gasteiger partial charge in [-0.3, -0.25) is 9.59 Å². The third-order valence-corrected chi connectivity index (χ3v) is 4.59. The standard InChI is InChI=1S/C18H16F2N4O3/c1-9-13(14-16(25)21-8-22-18(14)27-9)17(26)23-10-6-11(19)15(12(20)7-10)24-4-2-3-5-24/h6-8H,2-5H2,1H3,(H,23,26)(H,21,22,25). The molecule has 1 amide bonds. The van der Waals surface area contributed by atoms with E-state index in [9.17, 15) is 18.4 Å². The predicted octanol–water partition coefficient (Wildman–Crippen LogP) is 2.96. The van der Waals surface area contributed by atoms with Gasteiger partial charge in [-0.15, -0.1) is 0 Å². The summed E-state index contributed by atoms with van der Waals surface area (Å²) in [5, 5.41) is 2.41. The van der Waals surface area contributed by atoms with E-state index in [-0.39, 0.29) is 33.8 Å². The Kier molecular flexibility index (Phi) is 4.14. The van der Waals surface area contributed by atoms with Crippen LogP contribution in [-0.2, 0) is 0 Å². The van der Waals surface area contributed by atoms with Crippen LogP contribution in [0.2, 0.25) is 0 Å². The van der Waals surface area contributed by atoms with Gasteiger partial charge in [-0.1, -0.05) is 0 Å². The van der Waals surface area contributed by atoms with Crippen molar-refractivity contribution >= 4 is 28.4 Å². The molecule has 1 saturated heterocycles. The summed E-state index contributed by atoms with van der Waals surface area (Å²) in [7, 11) is 0. The van der Waals surface area contributed by atoms with Gasteiger partial charge >= 0.3 is 0 Å². The summed E-state index contributed by atoms with van der Waals surface area (Å²) < 4.78 is 34.2. The maximum Gasteiger partial charge on any atom is 0.262 e. The number of aromatic nitrogens is 2. The lowest BCUT2D eigenvalue weighted by molar-refractivity contribution is 0.102. The number of hydrogen-bond acceptors (Lipinski definition) is 5. The van der Waals surface area contributed by atoms with Crippen molar-refractivity contribution in [1.82, 2.24) is 9.97 Å². The second-order valence-corrected chi connectivity index (χ2v) is 6.38. The highest BCUT2D eigenvalue weighted by Crippen LogP contribution is 2.30. The molecule has 1 fully saturated rings. The lowest BCUT2D eigenvalue weighted by Gasteiger charge is -2.19. The van der Waals surface area contributed by atoms with Crippen LogP contribution in [-0.4, -0.2) is 29.0 Å². The minimum absolute atomic E-state index is 0.0119. The molecule has 1 aliphatic heterocycles. The first-order valence-electron chi connectivity index (χ1n) is 8.48. The molecule has 2 N–H and O–H groups in total. The molecule has 7 nitrogen and oxygen atoms in total. The van der Waals surface area contributed by atoms with Gasteiger partial charge in [-0.25, -0.2) is 13.8 Å². The molecule has 0 atom stereocenters. The molecule has 0 aliphatic carbocycles. The van der Waals surface area contributed by atoms with E-state index < -0.39 is 23.1 Å². The number of aromatic amines is 1. The fourth-order valence-corrected chi connectivity index (χ4v) is 3.40. The van der Waals surface area contributed by atoms with Crippen molar-refractivity contribution in [3.05, 3.63) is 51.8 Å². The highest BCUT2D eigenvalue weighted by Gasteiger charge is 2.24. The zero-order valence-corrected chi connectivity index (χ0v) is 14.4. The molecule has 4 rings (SSSR count). The van der Waals surface area contributed by atoms with Crippen LogP contribution in [0.5, 0.6) is 0 Å². The van der Waals surface area contributed by atoms with Gasteiger partial charge in [-0.05, 0) is 31.9 Å². The van der Waals surface area contributed by atoms with Crippen LogP contribution in [0.25, 0.3) is 11.1 Å². The molecule has 2 aromatic heterocycles. The van der Waals surface area contributed by atoms with Gasteiger partial charge < -0.3 is 19.6 Å². The summed E-state index contributed by atoms with van der Waals surface area (Å²) in [5.74, 6) is -2.03. The van der Waals surface area contributed by atoms with Gasteiger partial charge in [0.25, 0.3) is 11.5 Å². The maximum absolute atomic E-state index is 14.4. The molecule has 3 aromatic rings. The number of aryl methyl sites for hydroxylation is 1. The minimum Gasteiger partial charge on any atom is -0.442 e. The molecule has 0 saturated carbocycles. The number of rotatable bonds is 3. The number of fused-ring (bicyclic) bond motifs is 1. The zero-order chi connectivity index (χ0) is 19.1. The van der Waals surface area contributed by atoms with E-state index in [0.29, 0.717) is 13.1 Å².